The minimum atomic E-state index is -1.25. The number of hydrogen-bond acceptors (Lipinski definition) is 4. The van der Waals surface area contributed by atoms with Gasteiger partial charge in [0.25, 0.3) is 0 Å². The maximum Gasteiger partial charge on any atom is 0.147 e. The van der Waals surface area contributed by atoms with Gasteiger partial charge in [-0.15, -0.1) is 0 Å². The number of halogens is 2. The van der Waals surface area contributed by atoms with Crippen molar-refractivity contribution in [1.82, 2.24) is 14.5 Å². The molecule has 8 heteroatoms. The van der Waals surface area contributed by atoms with Crippen molar-refractivity contribution in [3.63, 3.8) is 0 Å². The number of aromatic nitrogens is 3. The van der Waals surface area contributed by atoms with Crippen LogP contribution in [0.4, 0.5) is 14.6 Å². The van der Waals surface area contributed by atoms with Crippen LogP contribution in [0.2, 0.25) is 25.7 Å². The van der Waals surface area contributed by atoms with Gasteiger partial charge < -0.3 is 9.64 Å². The van der Waals surface area contributed by atoms with Crippen molar-refractivity contribution in [3.8, 4) is 22.5 Å². The molecule has 0 bridgehead atoms. The first-order valence-corrected chi connectivity index (χ1v) is 16.2. The number of imidazole rings is 1. The van der Waals surface area contributed by atoms with Crippen LogP contribution in [0.25, 0.3) is 33.5 Å². The molecule has 0 radical (unpaired) electrons. The summed E-state index contributed by atoms with van der Waals surface area (Å²) >= 11 is 0. The normalized spacial score (nSPS) is 16.2. The fourth-order valence-corrected chi connectivity index (χ4v) is 5.41. The minimum absolute atomic E-state index is 0.258. The number of benzene rings is 2. The molecule has 36 heavy (non-hydrogen) atoms. The van der Waals surface area contributed by atoms with E-state index < -0.39 is 14.2 Å². The third-order valence-electron chi connectivity index (χ3n) is 6.62. The van der Waals surface area contributed by atoms with Gasteiger partial charge in [0, 0.05) is 38.5 Å². The van der Waals surface area contributed by atoms with Crippen LogP contribution in [-0.4, -0.2) is 48.5 Å². The van der Waals surface area contributed by atoms with E-state index in [1.54, 1.807) is 18.3 Å². The van der Waals surface area contributed by atoms with E-state index in [0.717, 1.165) is 17.1 Å². The van der Waals surface area contributed by atoms with Gasteiger partial charge in [-0.2, -0.15) is 0 Å². The Kier molecular flexibility index (Phi) is 6.90. The van der Waals surface area contributed by atoms with E-state index >= 15 is 4.39 Å². The second-order valence-corrected chi connectivity index (χ2v) is 16.2. The molecule has 188 valence electrons. The second-order valence-electron chi connectivity index (χ2n) is 10.6. The average molecular weight is 507 g/mol. The Morgan fingerprint density at radius 1 is 1.03 bits per heavy atom. The molecule has 0 N–H and O–H groups in total. The smallest absolute Gasteiger partial charge is 0.147 e. The van der Waals surface area contributed by atoms with Crippen LogP contribution in [0, 0.1) is 5.82 Å². The maximum absolute atomic E-state index is 15.1. The molecule has 3 heterocycles. The van der Waals surface area contributed by atoms with Crippen LogP contribution in [0.3, 0.4) is 0 Å². The zero-order valence-electron chi connectivity index (χ0n) is 21.0. The predicted octanol–water partition coefficient (Wildman–Crippen LogP) is 6.76. The fraction of sp³-hybridized carbons (Fsp3) is 0.357. The first kappa shape index (κ1) is 24.6. The largest absolute Gasteiger partial charge is 0.361 e. The zero-order chi connectivity index (χ0) is 25.3. The molecule has 0 saturated carbocycles. The van der Waals surface area contributed by atoms with E-state index in [4.69, 9.17) is 9.72 Å². The number of para-hydroxylation sites is 2. The highest BCUT2D eigenvalue weighted by Crippen LogP contribution is 2.41. The topological polar surface area (TPSA) is 43.2 Å². The summed E-state index contributed by atoms with van der Waals surface area (Å²) in [5.41, 5.74) is 3.59. The van der Waals surface area contributed by atoms with Crippen molar-refractivity contribution in [3.05, 3.63) is 66.6 Å². The van der Waals surface area contributed by atoms with Crippen LogP contribution in [-0.2, 0) is 11.5 Å². The van der Waals surface area contributed by atoms with Crippen LogP contribution >= 0.6 is 0 Å². The van der Waals surface area contributed by atoms with Crippen LogP contribution in [0.1, 0.15) is 6.42 Å². The predicted molar refractivity (Wildman–Crippen MR) is 144 cm³/mol. The number of anilines is 1. The standard InChI is InChI=1S/C28H32F2N4OSi/c1-36(2,3)17-16-35-19-34-25-11-7-6-10-24(25)32-28(34)26-22(21-8-4-5-9-23(21)30)12-14-31-27(26)33-15-13-20(29)18-33/h4-12,14,20H,13,15-19H2,1-3H3. The second kappa shape index (κ2) is 10.1. The molecule has 5 nitrogen and oxygen atoms in total. The molecule has 1 atom stereocenters. The number of hydrogen-bond donors (Lipinski definition) is 0. The van der Waals surface area contributed by atoms with Crippen LogP contribution < -0.4 is 4.90 Å². The molecule has 1 fully saturated rings. The summed E-state index contributed by atoms with van der Waals surface area (Å²) in [4.78, 5) is 11.6. The first-order chi connectivity index (χ1) is 17.3. The summed E-state index contributed by atoms with van der Waals surface area (Å²) in [6.07, 6.45) is 1.20. The number of pyridine rings is 1. The van der Waals surface area contributed by atoms with Gasteiger partial charge in [-0.25, -0.2) is 18.7 Å². The molecule has 1 unspecified atom stereocenters. The lowest BCUT2D eigenvalue weighted by molar-refractivity contribution is 0.0909. The quantitative estimate of drug-likeness (QED) is 0.195. The highest BCUT2D eigenvalue weighted by Gasteiger charge is 2.29. The summed E-state index contributed by atoms with van der Waals surface area (Å²) in [6, 6.07) is 17.5. The lowest BCUT2D eigenvalue weighted by atomic mass is 9.99. The average Bonchev–Trinajstić information content (AvgIpc) is 3.44. The summed E-state index contributed by atoms with van der Waals surface area (Å²) in [7, 11) is -1.25. The van der Waals surface area contributed by atoms with Gasteiger partial charge in [0.2, 0.25) is 0 Å². The van der Waals surface area contributed by atoms with Gasteiger partial charge in [0.1, 0.15) is 30.4 Å². The van der Waals surface area contributed by atoms with E-state index in [1.807, 2.05) is 45.9 Å². The van der Waals surface area contributed by atoms with Crippen LogP contribution in [0.5, 0.6) is 0 Å². The number of fused-ring (bicyclic) bond motifs is 1. The Morgan fingerprint density at radius 3 is 2.56 bits per heavy atom. The van der Waals surface area contributed by atoms with Crippen molar-refractivity contribution < 1.29 is 13.5 Å². The molecule has 1 aliphatic rings. The van der Waals surface area contributed by atoms with Gasteiger partial charge >= 0.3 is 0 Å². The van der Waals surface area contributed by atoms with Crippen molar-refractivity contribution in [2.24, 2.45) is 0 Å². The Labute approximate surface area is 211 Å². The number of ether oxygens (including phenoxy) is 1. The molecule has 0 spiro atoms. The maximum atomic E-state index is 15.1. The van der Waals surface area contributed by atoms with E-state index in [9.17, 15) is 4.39 Å². The highest BCUT2D eigenvalue weighted by atomic mass is 28.3. The van der Waals surface area contributed by atoms with Crippen molar-refractivity contribution in [2.45, 2.75) is 45.0 Å². The van der Waals surface area contributed by atoms with Crippen molar-refractivity contribution >= 4 is 24.9 Å². The van der Waals surface area contributed by atoms with Crippen molar-refractivity contribution in [1.29, 1.82) is 0 Å². The molecule has 4 aromatic rings. The Hall–Kier alpha value is -3.10. The van der Waals surface area contributed by atoms with Gasteiger partial charge in [-0.05, 0) is 36.7 Å². The fourth-order valence-electron chi connectivity index (χ4n) is 4.66. The Balaban J connectivity index is 1.68. The van der Waals surface area contributed by atoms with Gasteiger partial charge in [0.05, 0.1) is 23.1 Å². The summed E-state index contributed by atoms with van der Waals surface area (Å²) in [6.45, 7) is 8.76. The van der Waals surface area contributed by atoms with E-state index in [-0.39, 0.29) is 12.4 Å². The number of alkyl halides is 1. The molecular formula is C28H32F2N4OSi. The SMILES string of the molecule is C[Si](C)(C)CCOCn1c(-c2c(-c3ccccc3F)ccnc2N2CCC(F)C2)nc2ccccc21. The monoisotopic (exact) mass is 506 g/mol. The summed E-state index contributed by atoms with van der Waals surface area (Å²) < 4.78 is 37.5. The number of rotatable bonds is 8. The molecular weight excluding hydrogens is 474 g/mol. The van der Waals surface area contributed by atoms with Gasteiger partial charge in [0.15, 0.2) is 0 Å². The first-order valence-electron chi connectivity index (χ1n) is 12.5. The van der Waals surface area contributed by atoms with Crippen molar-refractivity contribution in [2.75, 3.05) is 24.6 Å². The number of nitrogens with zero attached hydrogens (tertiary/aromatic N) is 4. The lowest BCUT2D eigenvalue weighted by Gasteiger charge is -2.23. The third kappa shape index (κ3) is 5.06. The Morgan fingerprint density at radius 2 is 1.81 bits per heavy atom. The van der Waals surface area contributed by atoms with Gasteiger partial charge in [-0.3, -0.25) is 4.57 Å². The third-order valence-corrected chi connectivity index (χ3v) is 8.32. The van der Waals surface area contributed by atoms with E-state index in [1.165, 1.54) is 6.07 Å². The Bertz CT molecular complexity index is 1370. The molecule has 0 amide bonds. The molecule has 1 aliphatic heterocycles. The molecule has 1 saturated heterocycles. The summed E-state index contributed by atoms with van der Waals surface area (Å²) in [5.74, 6) is 0.942. The molecule has 5 rings (SSSR count). The zero-order valence-corrected chi connectivity index (χ0v) is 22.0. The molecule has 2 aromatic carbocycles. The lowest BCUT2D eigenvalue weighted by Crippen LogP contribution is -2.23. The van der Waals surface area contributed by atoms with Gasteiger partial charge in [-0.1, -0.05) is 50.0 Å². The highest BCUT2D eigenvalue weighted by molar-refractivity contribution is 6.76. The van der Waals surface area contributed by atoms with E-state index in [0.29, 0.717) is 54.6 Å². The van der Waals surface area contributed by atoms with Crippen LogP contribution in [0.15, 0.2) is 60.8 Å². The summed E-state index contributed by atoms with van der Waals surface area (Å²) in [5, 5.41) is 0. The minimum Gasteiger partial charge on any atom is -0.361 e. The molecule has 2 aromatic heterocycles. The van der Waals surface area contributed by atoms with E-state index in [2.05, 4.69) is 24.6 Å². The molecule has 0 aliphatic carbocycles.